The Labute approximate surface area is 406 Å². The van der Waals surface area contributed by atoms with Crippen LogP contribution in [0.3, 0.4) is 0 Å². The van der Waals surface area contributed by atoms with Crippen molar-refractivity contribution >= 4 is 77.9 Å². The molecule has 5 heterocycles. The number of imidazole rings is 1. The van der Waals surface area contributed by atoms with Crippen LogP contribution in [0.1, 0.15) is 61.9 Å². The Bertz CT molecular complexity index is 3550. The first-order valence-electron chi connectivity index (χ1n) is 22.6. The Morgan fingerprint density at radius 2 is 1.32 bits per heavy atom. The number of hydrogen-bond donors (Lipinski definition) is 0. The first kappa shape index (κ1) is 45.1. The van der Waals surface area contributed by atoms with Crippen LogP contribution < -0.4 is 5.19 Å². The molecule has 11 rings (SSSR count). The van der Waals surface area contributed by atoms with Crippen molar-refractivity contribution in [1.29, 1.82) is 0 Å². The molecular formula is C58H52IrN4OSSi-2. The van der Waals surface area contributed by atoms with E-state index in [2.05, 4.69) is 191 Å². The molecular weight excluding hydrogens is 1020 g/mol. The minimum atomic E-state index is -1.39. The molecule has 0 fully saturated rings. The summed E-state index contributed by atoms with van der Waals surface area (Å²) in [6.45, 7) is 20.4. The summed E-state index contributed by atoms with van der Waals surface area (Å²) in [6.07, 6.45) is 2.04. The van der Waals surface area contributed by atoms with E-state index in [1.807, 2.05) is 42.7 Å². The summed E-state index contributed by atoms with van der Waals surface area (Å²) in [4.78, 5) is 14.6. The zero-order chi connectivity index (χ0) is 45.1. The van der Waals surface area contributed by atoms with E-state index in [0.29, 0.717) is 17.5 Å². The van der Waals surface area contributed by atoms with Gasteiger partial charge in [-0.1, -0.05) is 142 Å². The van der Waals surface area contributed by atoms with E-state index in [0.717, 1.165) is 55.7 Å². The van der Waals surface area contributed by atoms with E-state index < -0.39 is 8.07 Å². The van der Waals surface area contributed by atoms with Crippen LogP contribution >= 0.6 is 11.3 Å². The van der Waals surface area contributed by atoms with Crippen molar-refractivity contribution in [2.75, 3.05) is 0 Å². The Morgan fingerprint density at radius 3 is 2.03 bits per heavy atom. The molecule has 331 valence electrons. The third kappa shape index (κ3) is 8.15. The number of pyridine rings is 2. The van der Waals surface area contributed by atoms with Crippen molar-refractivity contribution in [1.82, 2.24) is 19.5 Å². The van der Waals surface area contributed by atoms with Crippen molar-refractivity contribution in [3.8, 4) is 39.5 Å². The number of nitrogens with zero attached hydrogens (tertiary/aromatic N) is 4. The molecule has 0 atom stereocenters. The quantitative estimate of drug-likeness (QED) is 0.118. The molecule has 0 saturated carbocycles. The number of aromatic nitrogens is 4. The fraction of sp³-hybridized carbons (Fsp3) is 0.190. The molecule has 0 saturated heterocycles. The Kier molecular flexibility index (Phi) is 12.3. The summed E-state index contributed by atoms with van der Waals surface area (Å²) < 4.78 is 11.0. The normalized spacial score (nSPS) is 11.9. The predicted octanol–water partition coefficient (Wildman–Crippen LogP) is 15.8. The summed E-state index contributed by atoms with van der Waals surface area (Å²) in [5.41, 5.74) is 15.1. The van der Waals surface area contributed by atoms with E-state index in [-0.39, 0.29) is 20.1 Å². The second-order valence-electron chi connectivity index (χ2n) is 18.8. The monoisotopic (exact) mass is 1070 g/mol. The first-order valence-corrected chi connectivity index (χ1v) is 26.9. The van der Waals surface area contributed by atoms with Crippen molar-refractivity contribution < 1.29 is 24.5 Å². The third-order valence-corrected chi connectivity index (χ3v) is 15.8. The van der Waals surface area contributed by atoms with Crippen molar-refractivity contribution in [3.63, 3.8) is 0 Å². The number of fused-ring (bicyclic) bond motifs is 7. The average Bonchev–Trinajstić information content (AvgIpc) is 3.99. The molecule has 0 unspecified atom stereocenters. The van der Waals surface area contributed by atoms with Gasteiger partial charge in [0.1, 0.15) is 0 Å². The minimum absolute atomic E-state index is 0. The predicted molar refractivity (Wildman–Crippen MR) is 278 cm³/mol. The number of furan rings is 1. The van der Waals surface area contributed by atoms with Gasteiger partial charge in [0.25, 0.3) is 0 Å². The molecule has 0 aliphatic carbocycles. The van der Waals surface area contributed by atoms with Gasteiger partial charge in [-0.3, -0.25) is 4.98 Å². The standard InChI is InChI=1S/C37H31N2S.C21H21N2OSi.Ir/c1-23(2)30-21-26(25-13-6-5-7-14-25)22-31(24(3)4)35(30)39-33-19-10-9-18-32(33)38-37(39)29-17-12-16-28-27-15-8-11-20-34(27)40-36(28)29;1-13-11-18(22-12-19(13)25(3,4)5)17-8-6-7-15-16-10-9-14(2)23-21(16)24-20(15)17;/h5-16,18-24H,1-4H3;6-7,9-12H,1-5H3;/q2*-1;. The molecule has 5 nitrogen and oxygen atoms in total. The van der Waals surface area contributed by atoms with Gasteiger partial charge in [-0.05, 0) is 111 Å². The number of para-hydroxylation sites is 2. The molecule has 0 bridgehead atoms. The van der Waals surface area contributed by atoms with Crippen LogP contribution in [0.4, 0.5) is 0 Å². The molecule has 0 aliphatic heterocycles. The van der Waals surface area contributed by atoms with E-state index >= 15 is 0 Å². The van der Waals surface area contributed by atoms with Crippen LogP contribution in [-0.4, -0.2) is 27.6 Å². The Hall–Kier alpha value is -6.02. The molecule has 6 aromatic carbocycles. The van der Waals surface area contributed by atoms with Crippen LogP contribution in [0.15, 0.2) is 144 Å². The molecule has 0 amide bonds. The van der Waals surface area contributed by atoms with Gasteiger partial charge in [-0.15, -0.1) is 36.4 Å². The number of hydrogen-bond acceptors (Lipinski definition) is 5. The zero-order valence-corrected chi connectivity index (χ0v) is 43.1. The minimum Gasteiger partial charge on any atom is -0.486 e. The smallest absolute Gasteiger partial charge is 0.216 e. The van der Waals surface area contributed by atoms with E-state index in [1.54, 1.807) is 0 Å². The molecule has 0 aliphatic rings. The van der Waals surface area contributed by atoms with Crippen LogP contribution in [0.2, 0.25) is 19.6 Å². The first-order chi connectivity index (χ1) is 31.4. The van der Waals surface area contributed by atoms with Crippen LogP contribution in [0.5, 0.6) is 0 Å². The van der Waals surface area contributed by atoms with Gasteiger partial charge in [0.05, 0.1) is 30.5 Å². The maximum Gasteiger partial charge on any atom is 0.216 e. The molecule has 11 aromatic rings. The van der Waals surface area contributed by atoms with Crippen LogP contribution in [0.25, 0.3) is 92.7 Å². The van der Waals surface area contributed by atoms with Gasteiger partial charge in [0.2, 0.25) is 5.71 Å². The summed E-state index contributed by atoms with van der Waals surface area (Å²) in [5.74, 6) is 1.61. The molecule has 0 N–H and O–H groups in total. The summed E-state index contributed by atoms with van der Waals surface area (Å²) in [5, 5.41) is 6.04. The summed E-state index contributed by atoms with van der Waals surface area (Å²) >= 11 is 1.83. The maximum absolute atomic E-state index is 6.08. The maximum atomic E-state index is 6.08. The van der Waals surface area contributed by atoms with Gasteiger partial charge in [-0.25, -0.2) is 4.98 Å². The topological polar surface area (TPSA) is 56.7 Å². The van der Waals surface area contributed by atoms with E-state index in [4.69, 9.17) is 14.4 Å². The Balaban J connectivity index is 0.000000181. The van der Waals surface area contributed by atoms with Gasteiger partial charge in [0.15, 0.2) is 0 Å². The third-order valence-electron chi connectivity index (χ3n) is 12.5. The van der Waals surface area contributed by atoms with E-state index in [1.165, 1.54) is 58.9 Å². The van der Waals surface area contributed by atoms with Crippen LogP contribution in [0, 0.1) is 26.0 Å². The second kappa shape index (κ2) is 18.0. The van der Waals surface area contributed by atoms with Gasteiger partial charge >= 0.3 is 0 Å². The van der Waals surface area contributed by atoms with Gasteiger partial charge in [0, 0.05) is 47.8 Å². The summed E-state index contributed by atoms with van der Waals surface area (Å²) in [7, 11) is -1.39. The fourth-order valence-electron chi connectivity index (χ4n) is 9.28. The molecule has 0 spiro atoms. The fourth-order valence-corrected chi connectivity index (χ4v) is 12.2. The van der Waals surface area contributed by atoms with Crippen LogP contribution in [-0.2, 0) is 20.1 Å². The zero-order valence-electron chi connectivity index (χ0n) is 38.9. The number of benzene rings is 6. The molecule has 66 heavy (non-hydrogen) atoms. The van der Waals surface area contributed by atoms with Crippen molar-refractivity contribution in [2.45, 2.75) is 73.0 Å². The number of thiophene rings is 1. The van der Waals surface area contributed by atoms with Crippen molar-refractivity contribution in [3.05, 3.63) is 174 Å². The number of aryl methyl sites for hydroxylation is 2. The van der Waals surface area contributed by atoms with Crippen molar-refractivity contribution in [2.24, 2.45) is 0 Å². The van der Waals surface area contributed by atoms with Gasteiger partial charge in [-0.2, -0.15) is 11.3 Å². The SMILES string of the molecule is CC(C)c1cc(-c2ccccc2)cc(C(C)C)c1-n1c(-c2[c-]ccc3c2sc2ccccc23)nc2ccccc21.Cc1ccc2c(n1)oc1c(-c3cc(C)c([Si](C)(C)C)cn3)[c-]ccc12.[Ir]. The Morgan fingerprint density at radius 1 is 0.652 bits per heavy atom. The molecule has 1 radical (unpaired) electrons. The number of rotatable bonds is 7. The molecule has 5 aromatic heterocycles. The largest absolute Gasteiger partial charge is 0.486 e. The average molecular weight is 1070 g/mol. The summed E-state index contributed by atoms with van der Waals surface area (Å²) in [6, 6.07) is 54.1. The second-order valence-corrected chi connectivity index (χ2v) is 24.9. The van der Waals surface area contributed by atoms with E-state index in [9.17, 15) is 0 Å². The molecule has 8 heteroatoms. The van der Waals surface area contributed by atoms with Gasteiger partial charge < -0.3 is 14.0 Å².